The fourth-order valence-corrected chi connectivity index (χ4v) is 2.75. The first-order valence-electron chi connectivity index (χ1n) is 7.13. The second-order valence-electron chi connectivity index (χ2n) is 5.39. The Balaban J connectivity index is 2.06. The molecule has 19 heavy (non-hydrogen) atoms. The second kappa shape index (κ2) is 6.15. The first-order valence-corrected chi connectivity index (χ1v) is 7.13. The minimum atomic E-state index is -0.638. The molecule has 2 N–H and O–H groups in total. The molecule has 1 heterocycles. The fourth-order valence-electron chi connectivity index (χ4n) is 2.75. The largest absolute Gasteiger partial charge is 0.337 e. The van der Waals surface area contributed by atoms with Gasteiger partial charge < -0.3 is 10.6 Å². The zero-order valence-corrected chi connectivity index (χ0v) is 11.6. The Kier molecular flexibility index (Phi) is 4.53. The molecule has 1 aliphatic rings. The first-order chi connectivity index (χ1) is 9.15. The Labute approximate surface area is 115 Å². The predicted octanol–water partition coefficient (Wildman–Crippen LogP) is 2.09. The molecule has 0 aliphatic heterocycles. The van der Waals surface area contributed by atoms with Gasteiger partial charge in [-0.2, -0.15) is 0 Å². The number of likely N-dealkylation sites (N-methyl/N-ethyl adjacent to an activating group) is 1. The third kappa shape index (κ3) is 3.32. The molecular formula is C15H23N3O. The standard InChI is InChI=1S/C15H23N3O/c1-2-18(12-13-6-10-17-11-7-13)14(19)15(16)8-4-3-5-9-15/h6-7,10-11H,2-5,8-9,12,16H2,1H3. The van der Waals surface area contributed by atoms with Crippen molar-refractivity contribution in [1.29, 1.82) is 0 Å². The van der Waals surface area contributed by atoms with Gasteiger partial charge >= 0.3 is 0 Å². The minimum Gasteiger partial charge on any atom is -0.337 e. The summed E-state index contributed by atoms with van der Waals surface area (Å²) in [4.78, 5) is 18.5. The molecule has 1 amide bonds. The van der Waals surface area contributed by atoms with E-state index >= 15 is 0 Å². The molecule has 4 heteroatoms. The van der Waals surface area contributed by atoms with E-state index in [0.29, 0.717) is 13.1 Å². The number of amides is 1. The molecule has 0 bridgehead atoms. The number of pyridine rings is 1. The zero-order valence-electron chi connectivity index (χ0n) is 11.6. The van der Waals surface area contributed by atoms with Crippen molar-refractivity contribution >= 4 is 5.91 Å². The number of hydrogen-bond donors (Lipinski definition) is 1. The maximum Gasteiger partial charge on any atom is 0.242 e. The van der Waals surface area contributed by atoms with E-state index in [0.717, 1.165) is 31.2 Å². The van der Waals surface area contributed by atoms with Gasteiger partial charge in [-0.3, -0.25) is 9.78 Å². The topological polar surface area (TPSA) is 59.2 Å². The fraction of sp³-hybridized carbons (Fsp3) is 0.600. The van der Waals surface area contributed by atoms with Crippen molar-refractivity contribution < 1.29 is 4.79 Å². The van der Waals surface area contributed by atoms with Crippen LogP contribution in [0, 0.1) is 0 Å². The highest BCUT2D eigenvalue weighted by atomic mass is 16.2. The zero-order chi connectivity index (χ0) is 13.7. The van der Waals surface area contributed by atoms with E-state index in [4.69, 9.17) is 5.73 Å². The molecule has 1 aliphatic carbocycles. The van der Waals surface area contributed by atoms with Crippen LogP contribution in [-0.2, 0) is 11.3 Å². The van der Waals surface area contributed by atoms with Crippen molar-refractivity contribution in [2.45, 2.75) is 51.1 Å². The van der Waals surface area contributed by atoms with Crippen LogP contribution < -0.4 is 5.73 Å². The number of carbonyl (C=O) groups is 1. The Morgan fingerprint density at radius 3 is 2.53 bits per heavy atom. The van der Waals surface area contributed by atoms with E-state index in [1.165, 1.54) is 6.42 Å². The smallest absolute Gasteiger partial charge is 0.242 e. The van der Waals surface area contributed by atoms with Crippen LogP contribution in [0.3, 0.4) is 0 Å². The molecule has 0 radical (unpaired) electrons. The molecule has 0 atom stereocenters. The van der Waals surface area contributed by atoms with Crippen LogP contribution in [0.2, 0.25) is 0 Å². The highest BCUT2D eigenvalue weighted by Crippen LogP contribution is 2.28. The van der Waals surface area contributed by atoms with Crippen LogP contribution in [0.15, 0.2) is 24.5 Å². The molecule has 104 valence electrons. The normalized spacial score (nSPS) is 18.0. The van der Waals surface area contributed by atoms with Crippen LogP contribution in [-0.4, -0.2) is 27.9 Å². The van der Waals surface area contributed by atoms with E-state index in [1.807, 2.05) is 24.0 Å². The number of rotatable bonds is 4. The Hall–Kier alpha value is -1.42. The summed E-state index contributed by atoms with van der Waals surface area (Å²) < 4.78 is 0. The van der Waals surface area contributed by atoms with Gasteiger partial charge in [0.1, 0.15) is 0 Å². The van der Waals surface area contributed by atoms with Crippen LogP contribution >= 0.6 is 0 Å². The number of nitrogens with two attached hydrogens (primary N) is 1. The molecular weight excluding hydrogens is 238 g/mol. The summed E-state index contributed by atoms with van der Waals surface area (Å²) in [5, 5.41) is 0. The van der Waals surface area contributed by atoms with E-state index in [1.54, 1.807) is 12.4 Å². The van der Waals surface area contributed by atoms with Crippen LogP contribution in [0.4, 0.5) is 0 Å². The third-order valence-electron chi connectivity index (χ3n) is 3.96. The van der Waals surface area contributed by atoms with E-state index in [-0.39, 0.29) is 5.91 Å². The quantitative estimate of drug-likeness (QED) is 0.903. The lowest BCUT2D eigenvalue weighted by atomic mass is 9.81. The monoisotopic (exact) mass is 261 g/mol. The number of carbonyl (C=O) groups excluding carboxylic acids is 1. The van der Waals surface area contributed by atoms with Crippen molar-refractivity contribution in [3.05, 3.63) is 30.1 Å². The summed E-state index contributed by atoms with van der Waals surface area (Å²) in [6, 6.07) is 3.89. The molecule has 1 aromatic heterocycles. The number of aromatic nitrogens is 1. The first kappa shape index (κ1) is 14.0. The molecule has 2 rings (SSSR count). The summed E-state index contributed by atoms with van der Waals surface area (Å²) in [5.41, 5.74) is 6.79. The van der Waals surface area contributed by atoms with E-state index in [2.05, 4.69) is 4.98 Å². The second-order valence-corrected chi connectivity index (χ2v) is 5.39. The molecule has 0 saturated heterocycles. The van der Waals surface area contributed by atoms with Gasteiger partial charge in [-0.05, 0) is 37.5 Å². The van der Waals surface area contributed by atoms with Crippen LogP contribution in [0.5, 0.6) is 0 Å². The number of hydrogen-bond acceptors (Lipinski definition) is 3. The Morgan fingerprint density at radius 2 is 1.95 bits per heavy atom. The molecule has 1 saturated carbocycles. The summed E-state index contributed by atoms with van der Waals surface area (Å²) in [6.45, 7) is 3.32. The maximum absolute atomic E-state index is 12.6. The molecule has 0 unspecified atom stereocenters. The lowest BCUT2D eigenvalue weighted by Crippen LogP contribution is -2.56. The highest BCUT2D eigenvalue weighted by molar-refractivity contribution is 5.86. The lowest BCUT2D eigenvalue weighted by molar-refractivity contribution is -0.138. The maximum atomic E-state index is 12.6. The Morgan fingerprint density at radius 1 is 1.32 bits per heavy atom. The molecule has 4 nitrogen and oxygen atoms in total. The van der Waals surface area contributed by atoms with Crippen molar-refractivity contribution in [3.8, 4) is 0 Å². The van der Waals surface area contributed by atoms with Gasteiger partial charge in [0.25, 0.3) is 0 Å². The minimum absolute atomic E-state index is 0.103. The van der Waals surface area contributed by atoms with Gasteiger partial charge in [-0.1, -0.05) is 19.3 Å². The van der Waals surface area contributed by atoms with Gasteiger partial charge in [0.15, 0.2) is 0 Å². The average Bonchev–Trinajstić information content (AvgIpc) is 2.46. The molecule has 1 fully saturated rings. The predicted molar refractivity (Wildman–Crippen MR) is 75.3 cm³/mol. The van der Waals surface area contributed by atoms with E-state index < -0.39 is 5.54 Å². The van der Waals surface area contributed by atoms with Crippen molar-refractivity contribution in [2.24, 2.45) is 5.73 Å². The highest BCUT2D eigenvalue weighted by Gasteiger charge is 2.37. The van der Waals surface area contributed by atoms with Crippen molar-refractivity contribution in [2.75, 3.05) is 6.54 Å². The van der Waals surface area contributed by atoms with Gasteiger partial charge in [0.05, 0.1) is 5.54 Å². The van der Waals surface area contributed by atoms with E-state index in [9.17, 15) is 4.79 Å². The summed E-state index contributed by atoms with van der Waals surface area (Å²) in [7, 11) is 0. The van der Waals surface area contributed by atoms with Crippen LogP contribution in [0.1, 0.15) is 44.6 Å². The lowest BCUT2D eigenvalue weighted by Gasteiger charge is -2.36. The Bertz CT molecular complexity index is 413. The van der Waals surface area contributed by atoms with Gasteiger partial charge in [0, 0.05) is 25.5 Å². The van der Waals surface area contributed by atoms with Gasteiger partial charge in [0.2, 0.25) is 5.91 Å². The average molecular weight is 261 g/mol. The SMILES string of the molecule is CCN(Cc1ccncc1)C(=O)C1(N)CCCCC1. The molecule has 0 spiro atoms. The molecule has 0 aromatic carbocycles. The van der Waals surface area contributed by atoms with Crippen molar-refractivity contribution in [1.82, 2.24) is 9.88 Å². The summed E-state index contributed by atoms with van der Waals surface area (Å²) in [5.74, 6) is 0.103. The number of nitrogens with zero attached hydrogens (tertiary/aromatic N) is 2. The molecule has 1 aromatic rings. The summed E-state index contributed by atoms with van der Waals surface area (Å²) in [6.07, 6.45) is 8.48. The third-order valence-corrected chi connectivity index (χ3v) is 3.96. The summed E-state index contributed by atoms with van der Waals surface area (Å²) >= 11 is 0. The van der Waals surface area contributed by atoms with Gasteiger partial charge in [-0.25, -0.2) is 0 Å². The van der Waals surface area contributed by atoms with Crippen molar-refractivity contribution in [3.63, 3.8) is 0 Å². The van der Waals surface area contributed by atoms with Crippen LogP contribution in [0.25, 0.3) is 0 Å². The van der Waals surface area contributed by atoms with Gasteiger partial charge in [-0.15, -0.1) is 0 Å².